The minimum Gasteiger partial charge on any atom is -0.497 e. The highest BCUT2D eigenvalue weighted by Gasteiger charge is 2.40. The van der Waals surface area contributed by atoms with Crippen molar-refractivity contribution >= 4 is 28.5 Å². The molecule has 0 unspecified atom stereocenters. The topological polar surface area (TPSA) is 75.6 Å². The second-order valence-electron chi connectivity index (χ2n) is 9.56. The number of pyridine rings is 2. The van der Waals surface area contributed by atoms with Crippen molar-refractivity contribution in [3.8, 4) is 5.75 Å². The molecule has 3 heterocycles. The molecule has 1 aliphatic heterocycles. The highest BCUT2D eigenvalue weighted by atomic mass is 35.5. The molecule has 1 fully saturated rings. The summed E-state index contributed by atoms with van der Waals surface area (Å²) in [5.41, 5.74) is 2.56. The Morgan fingerprint density at radius 2 is 1.89 bits per heavy atom. The number of methoxy groups -OCH3 is 1. The Hall–Kier alpha value is -2.70. The zero-order valence-corrected chi connectivity index (χ0v) is 21.1. The number of carboxylic acid groups (broad SMARTS) is 1. The van der Waals surface area contributed by atoms with E-state index in [2.05, 4.69) is 27.0 Å². The summed E-state index contributed by atoms with van der Waals surface area (Å²) in [6.45, 7) is 2.72. The van der Waals surface area contributed by atoms with Crippen LogP contribution in [-0.2, 0) is 17.6 Å². The predicted molar refractivity (Wildman–Crippen MR) is 139 cm³/mol. The van der Waals surface area contributed by atoms with Gasteiger partial charge in [0.15, 0.2) is 0 Å². The molecule has 0 amide bonds. The number of aromatic nitrogens is 2. The quantitative estimate of drug-likeness (QED) is 0.338. The number of likely N-dealkylation sites (tertiary alicyclic amines) is 1. The number of carboxylic acids is 1. The molecule has 4 rings (SSSR count). The minimum absolute atomic E-state index is 0.622. The lowest BCUT2D eigenvalue weighted by Gasteiger charge is -2.39. The number of aryl methyl sites for hydroxylation is 2. The number of rotatable bonds is 11. The van der Waals surface area contributed by atoms with Gasteiger partial charge in [-0.1, -0.05) is 11.6 Å². The zero-order valence-electron chi connectivity index (χ0n) is 20.4. The number of benzene rings is 1. The summed E-state index contributed by atoms with van der Waals surface area (Å²) < 4.78 is 5.38. The maximum atomic E-state index is 12.3. The average Bonchev–Trinajstić information content (AvgIpc) is 2.89. The Balaban J connectivity index is 1.30. The van der Waals surface area contributed by atoms with Crippen molar-refractivity contribution in [3.63, 3.8) is 0 Å². The van der Waals surface area contributed by atoms with Crippen molar-refractivity contribution in [2.75, 3.05) is 26.7 Å². The van der Waals surface area contributed by atoms with Crippen LogP contribution in [0.4, 0.5) is 0 Å². The van der Waals surface area contributed by atoms with E-state index in [1.54, 1.807) is 13.3 Å². The van der Waals surface area contributed by atoms with Crippen LogP contribution >= 0.6 is 11.6 Å². The SMILES string of the molecule is COc1ccc2ncc(Cl)c(CCCC3(C(=O)O)CCN(CCCCc4ccncc4)CC3)c2c1. The molecule has 186 valence electrons. The van der Waals surface area contributed by atoms with E-state index in [1.807, 2.05) is 30.6 Å². The lowest BCUT2D eigenvalue weighted by Crippen LogP contribution is -2.44. The molecule has 7 heteroatoms. The van der Waals surface area contributed by atoms with Crippen LogP contribution in [0.25, 0.3) is 10.9 Å². The van der Waals surface area contributed by atoms with Crippen molar-refractivity contribution in [1.29, 1.82) is 0 Å². The number of unbranched alkanes of at least 4 members (excludes halogenated alkanes) is 1. The summed E-state index contributed by atoms with van der Waals surface area (Å²) in [5.74, 6) is 0.0974. The fraction of sp³-hybridized carbons (Fsp3) is 0.464. The number of nitrogens with zero attached hydrogens (tertiary/aromatic N) is 3. The predicted octanol–water partition coefficient (Wildman–Crippen LogP) is 5.80. The first-order chi connectivity index (χ1) is 17.0. The first kappa shape index (κ1) is 25.4. The van der Waals surface area contributed by atoms with Gasteiger partial charge in [-0.05, 0) is 112 Å². The largest absolute Gasteiger partial charge is 0.497 e. The van der Waals surface area contributed by atoms with E-state index in [9.17, 15) is 9.90 Å². The van der Waals surface area contributed by atoms with Crippen molar-refractivity contribution in [3.05, 3.63) is 65.1 Å². The lowest BCUT2D eigenvalue weighted by molar-refractivity contribution is -0.152. The van der Waals surface area contributed by atoms with E-state index in [0.29, 0.717) is 24.3 Å². The molecule has 35 heavy (non-hydrogen) atoms. The van der Waals surface area contributed by atoms with E-state index in [1.165, 1.54) is 5.56 Å². The molecule has 6 nitrogen and oxygen atoms in total. The van der Waals surface area contributed by atoms with Crippen molar-refractivity contribution in [2.45, 2.75) is 51.4 Å². The van der Waals surface area contributed by atoms with Gasteiger partial charge in [-0.15, -0.1) is 0 Å². The molecule has 0 bridgehead atoms. The number of halogens is 1. The number of hydrogen-bond donors (Lipinski definition) is 1. The molecule has 0 aliphatic carbocycles. The summed E-state index contributed by atoms with van der Waals surface area (Å²) in [5, 5.41) is 11.7. The van der Waals surface area contributed by atoms with Crippen LogP contribution in [0.15, 0.2) is 48.9 Å². The van der Waals surface area contributed by atoms with E-state index in [4.69, 9.17) is 16.3 Å². The van der Waals surface area contributed by atoms with Crippen LogP contribution in [0, 0.1) is 5.41 Å². The Labute approximate surface area is 212 Å². The zero-order chi connectivity index (χ0) is 24.7. The molecule has 3 aromatic rings. The summed E-state index contributed by atoms with van der Waals surface area (Å²) in [7, 11) is 1.64. The van der Waals surface area contributed by atoms with Gasteiger partial charge < -0.3 is 14.7 Å². The monoisotopic (exact) mass is 495 g/mol. The maximum Gasteiger partial charge on any atom is 0.309 e. The van der Waals surface area contributed by atoms with Gasteiger partial charge in [-0.3, -0.25) is 14.8 Å². The van der Waals surface area contributed by atoms with Crippen molar-refractivity contribution in [2.24, 2.45) is 5.41 Å². The van der Waals surface area contributed by atoms with Gasteiger partial charge in [0.1, 0.15) is 5.75 Å². The van der Waals surface area contributed by atoms with E-state index >= 15 is 0 Å². The van der Waals surface area contributed by atoms with E-state index < -0.39 is 11.4 Å². The molecule has 2 aromatic heterocycles. The normalized spacial score (nSPS) is 15.8. The molecular formula is C28H34ClN3O3. The summed E-state index contributed by atoms with van der Waals surface area (Å²) >= 11 is 6.51. The molecule has 0 radical (unpaired) electrons. The first-order valence-electron chi connectivity index (χ1n) is 12.5. The second-order valence-corrected chi connectivity index (χ2v) is 9.97. The summed E-state index contributed by atoms with van der Waals surface area (Å²) in [4.78, 5) is 23.2. The Kier molecular flexibility index (Phi) is 8.58. The average molecular weight is 496 g/mol. The molecule has 1 saturated heterocycles. The van der Waals surface area contributed by atoms with Crippen LogP contribution in [0.5, 0.6) is 5.75 Å². The van der Waals surface area contributed by atoms with Crippen molar-refractivity contribution < 1.29 is 14.6 Å². The van der Waals surface area contributed by atoms with Gasteiger partial charge >= 0.3 is 5.97 Å². The summed E-state index contributed by atoms with van der Waals surface area (Å²) in [6.07, 6.45) is 12.2. The number of fused-ring (bicyclic) bond motifs is 1. The lowest BCUT2D eigenvalue weighted by atomic mass is 9.74. The second kappa shape index (κ2) is 11.8. The molecule has 0 spiro atoms. The highest BCUT2D eigenvalue weighted by Crippen LogP contribution is 2.38. The molecule has 1 N–H and O–H groups in total. The highest BCUT2D eigenvalue weighted by molar-refractivity contribution is 6.32. The van der Waals surface area contributed by atoms with Crippen LogP contribution in [0.1, 0.15) is 49.7 Å². The number of piperidine rings is 1. The third kappa shape index (κ3) is 6.30. The van der Waals surface area contributed by atoms with Crippen LogP contribution in [0.3, 0.4) is 0 Å². The van der Waals surface area contributed by atoms with Gasteiger partial charge in [0.25, 0.3) is 0 Å². The number of carbonyl (C=O) groups is 1. The van der Waals surface area contributed by atoms with Gasteiger partial charge in [-0.2, -0.15) is 0 Å². The first-order valence-corrected chi connectivity index (χ1v) is 12.8. The fourth-order valence-corrected chi connectivity index (χ4v) is 5.42. The Bertz CT molecular complexity index is 1130. The standard InChI is InChI=1S/C28H34ClN3O3/c1-35-22-7-8-26-24(19-22)23(25(29)20-31-26)6-4-11-28(27(33)34)12-17-32(18-13-28)16-3-2-5-21-9-14-30-15-10-21/h7-10,14-15,19-20H,2-6,11-13,16-18H2,1H3,(H,33,34). The minimum atomic E-state index is -0.665. The van der Waals surface area contributed by atoms with Crippen LogP contribution in [-0.4, -0.2) is 52.7 Å². The van der Waals surface area contributed by atoms with E-state index in [-0.39, 0.29) is 0 Å². The third-order valence-electron chi connectivity index (χ3n) is 7.42. The molecular weight excluding hydrogens is 462 g/mol. The van der Waals surface area contributed by atoms with Crippen molar-refractivity contribution in [1.82, 2.24) is 14.9 Å². The Morgan fingerprint density at radius 1 is 1.11 bits per heavy atom. The van der Waals surface area contributed by atoms with Crippen LogP contribution < -0.4 is 4.74 Å². The van der Waals surface area contributed by atoms with Gasteiger partial charge in [-0.25, -0.2) is 0 Å². The number of aliphatic carboxylic acids is 1. The van der Waals surface area contributed by atoms with Crippen LogP contribution in [0.2, 0.25) is 5.02 Å². The maximum absolute atomic E-state index is 12.3. The number of hydrogen-bond acceptors (Lipinski definition) is 5. The van der Waals surface area contributed by atoms with Gasteiger partial charge in [0.2, 0.25) is 0 Å². The fourth-order valence-electron chi connectivity index (χ4n) is 5.18. The number of ether oxygens (including phenoxy) is 1. The third-order valence-corrected chi connectivity index (χ3v) is 7.75. The molecule has 1 aromatic carbocycles. The molecule has 1 aliphatic rings. The Morgan fingerprint density at radius 3 is 2.60 bits per heavy atom. The molecule has 0 saturated carbocycles. The summed E-state index contributed by atoms with van der Waals surface area (Å²) in [6, 6.07) is 9.92. The molecule has 0 atom stereocenters. The van der Waals surface area contributed by atoms with Gasteiger partial charge in [0.05, 0.1) is 23.1 Å². The van der Waals surface area contributed by atoms with E-state index in [0.717, 1.165) is 74.0 Å². The smallest absolute Gasteiger partial charge is 0.309 e. The van der Waals surface area contributed by atoms with Gasteiger partial charge in [0, 0.05) is 24.0 Å².